The summed E-state index contributed by atoms with van der Waals surface area (Å²) in [6, 6.07) is 9.86. The van der Waals surface area contributed by atoms with Gasteiger partial charge in [0.05, 0.1) is 29.4 Å². The highest BCUT2D eigenvalue weighted by molar-refractivity contribution is 6.33. The lowest BCUT2D eigenvalue weighted by Crippen LogP contribution is -2.49. The average Bonchev–Trinajstić information content (AvgIpc) is 3.50. The van der Waals surface area contributed by atoms with Crippen molar-refractivity contribution >= 4 is 17.1 Å². The van der Waals surface area contributed by atoms with E-state index in [0.717, 1.165) is 22.6 Å². The van der Waals surface area contributed by atoms with E-state index in [1.807, 2.05) is 47.0 Å². The smallest absolute Gasteiger partial charge is 0.337 e. The topological polar surface area (TPSA) is 69.6 Å². The summed E-state index contributed by atoms with van der Waals surface area (Å²) in [7, 11) is 1.93. The molecule has 0 radical (unpaired) electrons. The quantitative estimate of drug-likeness (QED) is 0.410. The van der Waals surface area contributed by atoms with Crippen LogP contribution in [0, 0.1) is 0 Å². The predicted molar refractivity (Wildman–Crippen MR) is 130 cm³/mol. The SMILES string of the molecule is Cn1cnnc1CC1(c2cccc(-n3cc4c(Cl)cc(CN5CC[C@H](F)C5)cn4c3=O)c2)COC1. The van der Waals surface area contributed by atoms with Gasteiger partial charge in [-0.2, -0.15) is 0 Å². The molecule has 0 saturated carbocycles. The highest BCUT2D eigenvalue weighted by Crippen LogP contribution is 2.36. The Kier molecular flexibility index (Phi) is 5.51. The Hall–Kier alpha value is -3.01. The van der Waals surface area contributed by atoms with Gasteiger partial charge in [0, 0.05) is 50.9 Å². The van der Waals surface area contributed by atoms with Crippen molar-refractivity contribution in [2.24, 2.45) is 7.05 Å². The summed E-state index contributed by atoms with van der Waals surface area (Å²) >= 11 is 6.58. The summed E-state index contributed by atoms with van der Waals surface area (Å²) in [4.78, 5) is 15.5. The minimum absolute atomic E-state index is 0.196. The van der Waals surface area contributed by atoms with Crippen LogP contribution in [-0.2, 0) is 30.2 Å². The zero-order valence-electron chi connectivity index (χ0n) is 19.4. The molecule has 182 valence electrons. The number of aryl methyl sites for hydroxylation is 1. The monoisotopic (exact) mass is 496 g/mol. The number of halogens is 2. The third kappa shape index (κ3) is 3.97. The first-order chi connectivity index (χ1) is 16.9. The van der Waals surface area contributed by atoms with Gasteiger partial charge < -0.3 is 9.30 Å². The predicted octanol–water partition coefficient (Wildman–Crippen LogP) is 2.93. The Morgan fingerprint density at radius 2 is 2.11 bits per heavy atom. The molecule has 6 rings (SSSR count). The largest absolute Gasteiger partial charge is 0.379 e. The van der Waals surface area contributed by atoms with E-state index in [2.05, 4.69) is 16.3 Å². The van der Waals surface area contributed by atoms with E-state index < -0.39 is 6.17 Å². The second kappa shape index (κ2) is 8.58. The maximum Gasteiger partial charge on any atom is 0.337 e. The van der Waals surface area contributed by atoms with Gasteiger partial charge in [0.2, 0.25) is 0 Å². The molecular weight excluding hydrogens is 471 g/mol. The molecule has 0 bridgehead atoms. The van der Waals surface area contributed by atoms with E-state index in [-0.39, 0.29) is 11.1 Å². The molecule has 0 spiro atoms. The first-order valence-corrected chi connectivity index (χ1v) is 12.1. The fourth-order valence-electron chi connectivity index (χ4n) is 5.13. The maximum absolute atomic E-state index is 13.6. The summed E-state index contributed by atoms with van der Waals surface area (Å²) < 4.78 is 24.3. The van der Waals surface area contributed by atoms with Gasteiger partial charge in [-0.3, -0.25) is 13.9 Å². The Balaban J connectivity index is 1.35. The van der Waals surface area contributed by atoms with Crippen molar-refractivity contribution < 1.29 is 9.13 Å². The molecular formula is C25H26ClFN6O2. The van der Waals surface area contributed by atoms with Gasteiger partial charge in [0.25, 0.3) is 0 Å². The van der Waals surface area contributed by atoms with E-state index in [1.54, 1.807) is 21.5 Å². The number of pyridine rings is 1. The molecule has 0 amide bonds. The molecule has 0 aliphatic carbocycles. The molecule has 1 atom stereocenters. The zero-order valence-corrected chi connectivity index (χ0v) is 20.2. The summed E-state index contributed by atoms with van der Waals surface area (Å²) in [6.45, 7) is 2.86. The average molecular weight is 497 g/mol. The Morgan fingerprint density at radius 1 is 1.26 bits per heavy atom. The van der Waals surface area contributed by atoms with E-state index in [1.165, 1.54) is 0 Å². The van der Waals surface area contributed by atoms with Gasteiger partial charge in [-0.1, -0.05) is 23.7 Å². The molecule has 2 saturated heterocycles. The summed E-state index contributed by atoms with van der Waals surface area (Å²) in [5.41, 5.74) is 2.97. The Labute approximate surface area is 206 Å². The molecule has 0 unspecified atom stereocenters. The molecule has 8 nitrogen and oxygen atoms in total. The number of fused-ring (bicyclic) bond motifs is 1. The molecule has 3 aromatic heterocycles. The molecule has 1 aromatic carbocycles. The van der Waals surface area contributed by atoms with Crippen molar-refractivity contribution in [2.45, 2.75) is 31.0 Å². The Morgan fingerprint density at radius 3 is 2.80 bits per heavy atom. The number of ether oxygens (including phenoxy) is 1. The fourth-order valence-corrected chi connectivity index (χ4v) is 5.41. The van der Waals surface area contributed by atoms with Crippen molar-refractivity contribution in [3.8, 4) is 5.69 Å². The number of hydrogen-bond acceptors (Lipinski definition) is 5. The number of nitrogens with zero attached hydrogens (tertiary/aromatic N) is 6. The van der Waals surface area contributed by atoms with Crippen LogP contribution in [0.3, 0.4) is 0 Å². The van der Waals surface area contributed by atoms with E-state index in [4.69, 9.17) is 16.3 Å². The first-order valence-electron chi connectivity index (χ1n) is 11.7. The van der Waals surface area contributed by atoms with Crippen LogP contribution < -0.4 is 5.69 Å². The molecule has 2 aliphatic rings. The van der Waals surface area contributed by atoms with E-state index >= 15 is 0 Å². The number of imidazole rings is 1. The van der Waals surface area contributed by atoms with Gasteiger partial charge in [-0.05, 0) is 35.7 Å². The number of rotatable bonds is 6. The van der Waals surface area contributed by atoms with Crippen LogP contribution in [0.15, 0.2) is 53.8 Å². The molecule has 35 heavy (non-hydrogen) atoms. The minimum Gasteiger partial charge on any atom is -0.379 e. The summed E-state index contributed by atoms with van der Waals surface area (Å²) in [6.07, 6.45) is 5.74. The van der Waals surface area contributed by atoms with Crippen molar-refractivity contribution in [1.29, 1.82) is 0 Å². The van der Waals surface area contributed by atoms with Crippen molar-refractivity contribution in [3.63, 3.8) is 0 Å². The van der Waals surface area contributed by atoms with Gasteiger partial charge in [0.15, 0.2) is 0 Å². The number of hydrogen-bond donors (Lipinski definition) is 0. The molecule has 5 heterocycles. The summed E-state index contributed by atoms with van der Waals surface area (Å²) in [5.74, 6) is 0.891. The normalized spacial score (nSPS) is 19.9. The van der Waals surface area contributed by atoms with Crippen LogP contribution in [0.5, 0.6) is 0 Å². The van der Waals surface area contributed by atoms with Crippen LogP contribution in [-0.4, -0.2) is 61.1 Å². The van der Waals surface area contributed by atoms with Crippen LogP contribution in [0.25, 0.3) is 11.2 Å². The Bertz CT molecular complexity index is 1460. The molecule has 2 fully saturated rings. The molecule has 10 heteroatoms. The highest BCUT2D eigenvalue weighted by Gasteiger charge is 2.41. The molecule has 0 N–H and O–H groups in total. The highest BCUT2D eigenvalue weighted by atomic mass is 35.5. The number of aromatic nitrogens is 5. The fraction of sp³-hybridized carbons (Fsp3) is 0.400. The van der Waals surface area contributed by atoms with E-state index in [9.17, 15) is 9.18 Å². The van der Waals surface area contributed by atoms with Crippen LogP contribution in [0.1, 0.15) is 23.4 Å². The van der Waals surface area contributed by atoms with Crippen molar-refractivity contribution in [3.05, 3.63) is 81.5 Å². The summed E-state index contributed by atoms with van der Waals surface area (Å²) in [5, 5.41) is 8.75. The van der Waals surface area contributed by atoms with Gasteiger partial charge in [-0.15, -0.1) is 10.2 Å². The van der Waals surface area contributed by atoms with Crippen LogP contribution in [0.4, 0.5) is 4.39 Å². The van der Waals surface area contributed by atoms with Gasteiger partial charge in [0.1, 0.15) is 18.3 Å². The molecule has 2 aliphatic heterocycles. The number of benzene rings is 1. The van der Waals surface area contributed by atoms with Crippen LogP contribution >= 0.6 is 11.6 Å². The lowest BCUT2D eigenvalue weighted by atomic mass is 9.75. The lowest BCUT2D eigenvalue weighted by Gasteiger charge is -2.41. The zero-order chi connectivity index (χ0) is 24.2. The third-order valence-electron chi connectivity index (χ3n) is 7.19. The second-order valence-electron chi connectivity index (χ2n) is 9.71. The maximum atomic E-state index is 13.6. The lowest BCUT2D eigenvalue weighted by molar-refractivity contribution is -0.0611. The standard InChI is InChI=1S/C25H26ClFN6O2/c1-30-16-28-29-23(30)9-25(14-35-15-25)18-3-2-4-20(8-18)32-13-22-21(26)7-17(11-33(22)24(32)34)10-31-6-5-19(27)12-31/h2-4,7-8,11,13,16,19H,5-6,9-10,12,14-15H2,1H3/t19-/m0/s1. The van der Waals surface area contributed by atoms with Gasteiger partial charge >= 0.3 is 5.69 Å². The van der Waals surface area contributed by atoms with E-state index in [0.29, 0.717) is 56.2 Å². The second-order valence-corrected chi connectivity index (χ2v) is 10.1. The minimum atomic E-state index is -0.789. The number of alkyl halides is 1. The van der Waals surface area contributed by atoms with Crippen molar-refractivity contribution in [2.75, 3.05) is 26.3 Å². The third-order valence-corrected chi connectivity index (χ3v) is 7.49. The van der Waals surface area contributed by atoms with Crippen LogP contribution in [0.2, 0.25) is 5.02 Å². The van der Waals surface area contributed by atoms with Gasteiger partial charge in [-0.25, -0.2) is 9.18 Å². The molecule has 4 aromatic rings. The first kappa shape index (κ1) is 22.5. The number of likely N-dealkylation sites (tertiary alicyclic amines) is 1. The van der Waals surface area contributed by atoms with Crippen molar-refractivity contribution in [1.82, 2.24) is 28.6 Å².